The first-order valence-electron chi connectivity index (χ1n) is 9.36. The maximum absolute atomic E-state index is 13.3. The number of benzene rings is 2. The number of nitrogens with zero attached hydrogens (tertiary/aromatic N) is 1. The Labute approximate surface area is 188 Å². The third-order valence-corrected chi connectivity index (χ3v) is 5.71. The first-order chi connectivity index (χ1) is 13.9. The monoisotopic (exact) mass is 497 g/mol. The molecule has 7 heteroatoms. The smallest absolute Gasteiger partial charge is 0.230 e. The molecule has 0 radical (unpaired) electrons. The van der Waals surface area contributed by atoms with Gasteiger partial charge in [-0.05, 0) is 49.4 Å². The third-order valence-electron chi connectivity index (χ3n) is 4.67. The zero-order chi connectivity index (χ0) is 21.0. The SMILES string of the molecule is CCCN(CCOC)Cc1c(C(=O)c2ccc(Cl)cc2Cl)oc2cc(Br)ccc12. The second-order valence-corrected chi connectivity index (χ2v) is 8.53. The van der Waals surface area contributed by atoms with Crippen LogP contribution in [0.3, 0.4) is 0 Å². The minimum Gasteiger partial charge on any atom is -0.452 e. The van der Waals surface area contributed by atoms with E-state index in [0.29, 0.717) is 40.1 Å². The van der Waals surface area contributed by atoms with Gasteiger partial charge in [-0.2, -0.15) is 0 Å². The lowest BCUT2D eigenvalue weighted by Crippen LogP contribution is -2.28. The van der Waals surface area contributed by atoms with Crippen LogP contribution >= 0.6 is 39.1 Å². The fourth-order valence-corrected chi connectivity index (χ4v) is 4.12. The zero-order valence-corrected chi connectivity index (χ0v) is 19.4. The summed E-state index contributed by atoms with van der Waals surface area (Å²) in [6, 6.07) is 10.6. The Kier molecular flexibility index (Phi) is 7.77. The van der Waals surface area contributed by atoms with Gasteiger partial charge in [-0.25, -0.2) is 0 Å². The van der Waals surface area contributed by atoms with Crippen LogP contribution in [0.2, 0.25) is 10.0 Å². The number of ether oxygens (including phenoxy) is 1. The van der Waals surface area contributed by atoms with Gasteiger partial charge in [0, 0.05) is 46.2 Å². The number of carbonyl (C=O) groups is 1. The Morgan fingerprint density at radius 1 is 1.17 bits per heavy atom. The number of carbonyl (C=O) groups excluding carboxylic acids is 1. The summed E-state index contributed by atoms with van der Waals surface area (Å²) in [5.41, 5.74) is 1.88. The van der Waals surface area contributed by atoms with E-state index in [0.717, 1.165) is 34.9 Å². The lowest BCUT2D eigenvalue weighted by molar-refractivity contribution is 0.101. The van der Waals surface area contributed by atoms with Gasteiger partial charge >= 0.3 is 0 Å². The third kappa shape index (κ3) is 5.22. The number of ketones is 1. The Morgan fingerprint density at radius 3 is 2.66 bits per heavy atom. The second kappa shape index (κ2) is 10.1. The fourth-order valence-electron chi connectivity index (χ4n) is 3.29. The number of hydrogen-bond acceptors (Lipinski definition) is 4. The van der Waals surface area contributed by atoms with Crippen LogP contribution in [0.15, 0.2) is 45.3 Å². The summed E-state index contributed by atoms with van der Waals surface area (Å²) in [6.07, 6.45) is 0.997. The summed E-state index contributed by atoms with van der Waals surface area (Å²) in [5.74, 6) is 0.0537. The van der Waals surface area contributed by atoms with Crippen molar-refractivity contribution >= 4 is 55.9 Å². The molecule has 0 N–H and O–H groups in total. The van der Waals surface area contributed by atoms with Gasteiger partial charge in [-0.3, -0.25) is 9.69 Å². The molecule has 29 heavy (non-hydrogen) atoms. The minimum absolute atomic E-state index is 0.253. The molecule has 0 bridgehead atoms. The lowest BCUT2D eigenvalue weighted by Gasteiger charge is -2.21. The Morgan fingerprint density at radius 2 is 1.97 bits per heavy atom. The van der Waals surface area contributed by atoms with Crippen LogP contribution < -0.4 is 0 Å². The molecule has 1 aromatic heterocycles. The highest BCUT2D eigenvalue weighted by atomic mass is 79.9. The molecule has 0 aliphatic heterocycles. The average Bonchev–Trinajstić information content (AvgIpc) is 3.03. The van der Waals surface area contributed by atoms with Gasteiger partial charge in [0.2, 0.25) is 5.78 Å². The first-order valence-corrected chi connectivity index (χ1v) is 10.9. The van der Waals surface area contributed by atoms with Crippen LogP contribution in [-0.2, 0) is 11.3 Å². The highest BCUT2D eigenvalue weighted by Gasteiger charge is 2.25. The minimum atomic E-state index is -0.253. The average molecular weight is 499 g/mol. The molecule has 4 nitrogen and oxygen atoms in total. The van der Waals surface area contributed by atoms with Crippen molar-refractivity contribution in [3.63, 3.8) is 0 Å². The van der Waals surface area contributed by atoms with Gasteiger partial charge in [-0.15, -0.1) is 0 Å². The summed E-state index contributed by atoms with van der Waals surface area (Å²) >= 11 is 15.8. The van der Waals surface area contributed by atoms with E-state index in [-0.39, 0.29) is 5.78 Å². The number of hydrogen-bond donors (Lipinski definition) is 0. The van der Waals surface area contributed by atoms with E-state index < -0.39 is 0 Å². The molecule has 0 aliphatic carbocycles. The predicted octanol–water partition coefficient (Wildman–Crippen LogP) is 6.59. The number of methoxy groups -OCH3 is 1. The molecule has 0 saturated carbocycles. The van der Waals surface area contributed by atoms with Crippen molar-refractivity contribution in [2.45, 2.75) is 19.9 Å². The highest BCUT2D eigenvalue weighted by molar-refractivity contribution is 9.10. The summed E-state index contributed by atoms with van der Waals surface area (Å²) in [4.78, 5) is 15.6. The molecule has 0 spiro atoms. The molecular formula is C22H22BrCl2NO3. The summed E-state index contributed by atoms with van der Waals surface area (Å²) in [7, 11) is 1.69. The molecule has 0 amide bonds. The van der Waals surface area contributed by atoms with Crippen molar-refractivity contribution < 1.29 is 13.9 Å². The van der Waals surface area contributed by atoms with Crippen molar-refractivity contribution in [2.24, 2.45) is 0 Å². The normalized spacial score (nSPS) is 11.5. The van der Waals surface area contributed by atoms with E-state index in [2.05, 4.69) is 27.8 Å². The van der Waals surface area contributed by atoms with Crippen LogP contribution in [0.4, 0.5) is 0 Å². The van der Waals surface area contributed by atoms with Gasteiger partial charge < -0.3 is 9.15 Å². The van der Waals surface area contributed by atoms with E-state index in [1.54, 1.807) is 25.3 Å². The van der Waals surface area contributed by atoms with Gasteiger partial charge in [0.05, 0.1) is 11.6 Å². The second-order valence-electron chi connectivity index (χ2n) is 6.77. The summed E-state index contributed by atoms with van der Waals surface area (Å²) in [5, 5.41) is 1.70. The standard InChI is InChI=1S/C22H22BrCl2NO3/c1-3-8-26(9-10-28-2)13-18-16-6-4-14(23)11-20(16)29-22(18)21(27)17-7-5-15(24)12-19(17)25/h4-7,11-12H,3,8-10,13H2,1-2H3. The maximum Gasteiger partial charge on any atom is 0.230 e. The maximum atomic E-state index is 13.3. The van der Waals surface area contributed by atoms with Gasteiger partial charge in [-0.1, -0.05) is 46.1 Å². The molecule has 0 aliphatic rings. The molecule has 0 fully saturated rings. The van der Waals surface area contributed by atoms with E-state index in [9.17, 15) is 4.79 Å². The Hall–Kier alpha value is -1.37. The van der Waals surface area contributed by atoms with Gasteiger partial charge in [0.25, 0.3) is 0 Å². The predicted molar refractivity (Wildman–Crippen MR) is 121 cm³/mol. The molecule has 3 rings (SSSR count). The largest absolute Gasteiger partial charge is 0.452 e. The Balaban J connectivity index is 2.07. The van der Waals surface area contributed by atoms with Crippen LogP contribution in [0.5, 0.6) is 0 Å². The van der Waals surface area contributed by atoms with Crippen molar-refractivity contribution in [3.05, 3.63) is 67.8 Å². The molecule has 0 saturated heterocycles. The Bertz CT molecular complexity index is 1020. The molecule has 0 unspecified atom stereocenters. The topological polar surface area (TPSA) is 42.7 Å². The van der Waals surface area contributed by atoms with Crippen molar-refractivity contribution in [1.29, 1.82) is 0 Å². The number of fused-ring (bicyclic) bond motifs is 1. The fraction of sp³-hybridized carbons (Fsp3) is 0.318. The molecule has 154 valence electrons. The van der Waals surface area contributed by atoms with Crippen molar-refractivity contribution in [1.82, 2.24) is 4.90 Å². The molecule has 1 heterocycles. The zero-order valence-electron chi connectivity index (χ0n) is 16.3. The molecule has 0 atom stereocenters. The molecule has 3 aromatic rings. The van der Waals surface area contributed by atoms with E-state index in [1.165, 1.54) is 0 Å². The van der Waals surface area contributed by atoms with Crippen molar-refractivity contribution in [2.75, 3.05) is 26.8 Å². The van der Waals surface area contributed by atoms with Crippen LogP contribution in [0.1, 0.15) is 35.0 Å². The highest BCUT2D eigenvalue weighted by Crippen LogP contribution is 2.33. The van der Waals surface area contributed by atoms with Crippen LogP contribution in [0, 0.1) is 0 Å². The van der Waals surface area contributed by atoms with E-state index in [1.807, 2.05) is 18.2 Å². The van der Waals surface area contributed by atoms with Gasteiger partial charge in [0.1, 0.15) is 5.58 Å². The van der Waals surface area contributed by atoms with Crippen LogP contribution in [0.25, 0.3) is 11.0 Å². The summed E-state index contributed by atoms with van der Waals surface area (Å²) < 4.78 is 12.2. The summed E-state index contributed by atoms with van der Waals surface area (Å²) in [6.45, 7) is 4.99. The van der Waals surface area contributed by atoms with Crippen molar-refractivity contribution in [3.8, 4) is 0 Å². The first kappa shape index (κ1) is 22.3. The number of halogens is 3. The molecular weight excluding hydrogens is 477 g/mol. The lowest BCUT2D eigenvalue weighted by atomic mass is 10.0. The quantitative estimate of drug-likeness (QED) is 0.312. The van der Waals surface area contributed by atoms with Crippen LogP contribution in [-0.4, -0.2) is 37.5 Å². The van der Waals surface area contributed by atoms with Gasteiger partial charge in [0.15, 0.2) is 5.76 Å². The van der Waals surface area contributed by atoms with E-state index in [4.69, 9.17) is 32.4 Å². The number of rotatable bonds is 9. The number of furan rings is 1. The van der Waals surface area contributed by atoms with E-state index >= 15 is 0 Å². The molecule has 2 aromatic carbocycles.